The highest BCUT2D eigenvalue weighted by atomic mass is 32.1. The summed E-state index contributed by atoms with van der Waals surface area (Å²) < 4.78 is 44.2. The molecular weight excluding hydrogens is 517 g/mol. The average Bonchev–Trinajstić information content (AvgIpc) is 3.31. The monoisotopic (exact) mass is 546 g/mol. The second-order valence-electron chi connectivity index (χ2n) is 9.40. The van der Waals surface area contributed by atoms with Crippen molar-refractivity contribution in [3.63, 3.8) is 0 Å². The summed E-state index contributed by atoms with van der Waals surface area (Å²) in [5.41, 5.74) is 12.9. The van der Waals surface area contributed by atoms with E-state index in [1.165, 1.54) is 23.4 Å². The van der Waals surface area contributed by atoms with Gasteiger partial charge in [-0.2, -0.15) is 13.2 Å². The zero-order valence-electron chi connectivity index (χ0n) is 21.2. The number of aromatic nitrogens is 2. The van der Waals surface area contributed by atoms with Crippen molar-refractivity contribution in [1.82, 2.24) is 10.2 Å². The van der Waals surface area contributed by atoms with Crippen LogP contribution in [0, 0.1) is 0 Å². The van der Waals surface area contributed by atoms with Crippen molar-refractivity contribution in [2.75, 3.05) is 11.4 Å². The quantitative estimate of drug-likeness (QED) is 0.272. The van der Waals surface area contributed by atoms with Gasteiger partial charge in [0.25, 0.3) is 0 Å². The van der Waals surface area contributed by atoms with Gasteiger partial charge >= 0.3 is 12.3 Å². The van der Waals surface area contributed by atoms with Crippen LogP contribution in [-0.4, -0.2) is 40.8 Å². The maximum atomic E-state index is 13.1. The normalized spacial score (nSPS) is 12.9. The number of hydrogen-bond donors (Lipinski definition) is 2. The Morgan fingerprint density at radius 3 is 2.45 bits per heavy atom. The third-order valence-corrected chi connectivity index (χ3v) is 6.16. The van der Waals surface area contributed by atoms with Gasteiger partial charge in [-0.15, -0.1) is 10.2 Å². The molecule has 38 heavy (non-hydrogen) atoms. The lowest BCUT2D eigenvalue weighted by Gasteiger charge is -2.27. The molecule has 1 heterocycles. The van der Waals surface area contributed by atoms with Crippen molar-refractivity contribution in [3.05, 3.63) is 65.7 Å². The van der Waals surface area contributed by atoms with Crippen molar-refractivity contribution in [3.8, 4) is 10.6 Å². The fourth-order valence-corrected chi connectivity index (χ4v) is 4.31. The number of aliphatic imine (C=N–C) groups is 1. The predicted octanol–water partition coefficient (Wildman–Crippen LogP) is 5.80. The summed E-state index contributed by atoms with van der Waals surface area (Å²) in [4.78, 5) is 18.5. The van der Waals surface area contributed by atoms with Crippen LogP contribution in [0.25, 0.3) is 16.6 Å². The molecule has 1 amide bonds. The summed E-state index contributed by atoms with van der Waals surface area (Å²) in [6, 6.07) is 9.54. The van der Waals surface area contributed by atoms with E-state index in [0.29, 0.717) is 16.3 Å². The first-order valence-corrected chi connectivity index (χ1v) is 12.4. The molecule has 3 rings (SSSR count). The number of nitrogens with two attached hydrogens (primary N) is 2. The van der Waals surface area contributed by atoms with Crippen LogP contribution in [0.3, 0.4) is 0 Å². The maximum absolute atomic E-state index is 13.1. The topological polar surface area (TPSA) is 120 Å². The minimum atomic E-state index is -4.42. The summed E-state index contributed by atoms with van der Waals surface area (Å²) in [7, 11) is 0. The van der Waals surface area contributed by atoms with Gasteiger partial charge in [-0.1, -0.05) is 36.1 Å². The first kappa shape index (κ1) is 28.8. The van der Waals surface area contributed by atoms with Crippen LogP contribution in [0.4, 0.5) is 28.8 Å². The third-order valence-electron chi connectivity index (χ3n) is 5.16. The number of rotatable bonds is 8. The van der Waals surface area contributed by atoms with Crippen LogP contribution in [0.2, 0.25) is 0 Å². The van der Waals surface area contributed by atoms with Crippen LogP contribution >= 0.6 is 11.3 Å². The highest BCUT2D eigenvalue weighted by Gasteiger charge is 2.31. The Morgan fingerprint density at radius 1 is 1.18 bits per heavy atom. The van der Waals surface area contributed by atoms with Gasteiger partial charge in [-0.05, 0) is 63.1 Å². The number of halogens is 3. The van der Waals surface area contributed by atoms with Gasteiger partial charge < -0.3 is 16.2 Å². The molecule has 4 N–H and O–H groups in total. The van der Waals surface area contributed by atoms with Gasteiger partial charge in [0.05, 0.1) is 17.6 Å². The van der Waals surface area contributed by atoms with Gasteiger partial charge in [0.2, 0.25) is 5.13 Å². The summed E-state index contributed by atoms with van der Waals surface area (Å²) in [6.07, 6.45) is -2.02. The summed E-state index contributed by atoms with van der Waals surface area (Å²) >= 11 is 1.16. The van der Waals surface area contributed by atoms with Crippen molar-refractivity contribution in [2.45, 2.75) is 45.0 Å². The Hall–Kier alpha value is -3.77. The molecule has 0 aliphatic rings. The van der Waals surface area contributed by atoms with Crippen molar-refractivity contribution >= 4 is 40.7 Å². The van der Waals surface area contributed by atoms with E-state index < -0.39 is 29.5 Å². The van der Waals surface area contributed by atoms with Gasteiger partial charge in [-0.25, -0.2) is 14.7 Å². The molecule has 0 fully saturated rings. The zero-order chi connectivity index (χ0) is 28.1. The van der Waals surface area contributed by atoms with Crippen LogP contribution < -0.4 is 16.4 Å². The van der Waals surface area contributed by atoms with Gasteiger partial charge in [-0.3, -0.25) is 0 Å². The minimum Gasteiger partial charge on any atom is -0.443 e. The molecule has 202 valence electrons. The van der Waals surface area contributed by atoms with Crippen molar-refractivity contribution in [1.29, 1.82) is 0 Å². The minimum absolute atomic E-state index is 0.00658. The molecule has 2 aromatic carbocycles. The van der Waals surface area contributed by atoms with Gasteiger partial charge in [0, 0.05) is 23.7 Å². The Balaban J connectivity index is 1.85. The molecule has 0 bridgehead atoms. The molecule has 1 aromatic heterocycles. The number of carbonyl (C=O) groups is 1. The number of benzene rings is 2. The standard InChI is InChI=1S/C26H29F3N6O2S/c1-5-17-13-18(8-11-21(17)32-15-30)22-33-34-23(38-22)35(24(36)37-25(2,3)4)14-20(31)12-16-6-9-19(10-7-16)26(27,28)29/h5-11,13,15,20H,1,12,14,31H2,2-4H3,(H2,30,32)/t20-/m0/s1. The molecule has 0 aliphatic heterocycles. The molecule has 1 atom stereocenters. The van der Waals surface area contributed by atoms with Crippen molar-refractivity contribution < 1.29 is 22.7 Å². The Bertz CT molecular complexity index is 1300. The van der Waals surface area contributed by atoms with Crippen LogP contribution in [0.5, 0.6) is 0 Å². The molecule has 0 spiro atoms. The largest absolute Gasteiger partial charge is 0.443 e. The second kappa shape index (κ2) is 11.7. The fourth-order valence-electron chi connectivity index (χ4n) is 3.47. The van der Waals surface area contributed by atoms with Crippen molar-refractivity contribution in [2.24, 2.45) is 16.5 Å². The zero-order valence-corrected chi connectivity index (χ0v) is 22.0. The highest BCUT2D eigenvalue weighted by molar-refractivity contribution is 7.18. The highest BCUT2D eigenvalue weighted by Crippen LogP contribution is 2.33. The second-order valence-corrected chi connectivity index (χ2v) is 10.4. The Morgan fingerprint density at radius 2 is 1.87 bits per heavy atom. The van der Waals surface area contributed by atoms with E-state index in [-0.39, 0.29) is 18.1 Å². The molecule has 12 heteroatoms. The fraction of sp³-hybridized carbons (Fsp3) is 0.308. The lowest BCUT2D eigenvalue weighted by molar-refractivity contribution is -0.137. The SMILES string of the molecule is C=Cc1cc(-c2nnc(N(C[C@@H](N)Cc3ccc(C(F)(F)F)cc3)C(=O)OC(C)(C)C)s2)ccc1N=CN. The number of alkyl halides is 3. The molecular formula is C26H29F3N6O2S. The lowest BCUT2D eigenvalue weighted by atomic mass is 10.0. The smallest absolute Gasteiger partial charge is 0.416 e. The number of amides is 1. The molecule has 0 saturated carbocycles. The van der Waals surface area contributed by atoms with E-state index in [9.17, 15) is 18.0 Å². The number of hydrogen-bond acceptors (Lipinski definition) is 7. The number of anilines is 1. The number of nitrogens with zero attached hydrogens (tertiary/aromatic N) is 4. The summed E-state index contributed by atoms with van der Waals surface area (Å²) in [5.74, 6) is 0. The summed E-state index contributed by atoms with van der Waals surface area (Å²) in [5, 5.41) is 9.23. The van der Waals surface area contributed by atoms with Gasteiger partial charge in [0.15, 0.2) is 0 Å². The first-order valence-electron chi connectivity index (χ1n) is 11.6. The number of ether oxygens (including phenoxy) is 1. The van der Waals surface area contributed by atoms with E-state index in [1.54, 1.807) is 39.0 Å². The van der Waals surface area contributed by atoms with Crippen LogP contribution in [0.1, 0.15) is 37.5 Å². The molecule has 0 saturated heterocycles. The van der Waals surface area contributed by atoms with E-state index in [2.05, 4.69) is 21.8 Å². The first-order chi connectivity index (χ1) is 17.8. The molecule has 0 aliphatic carbocycles. The van der Waals surface area contributed by atoms with Crippen LogP contribution in [-0.2, 0) is 17.3 Å². The van der Waals surface area contributed by atoms with Gasteiger partial charge in [0.1, 0.15) is 10.6 Å². The Kier molecular flexibility index (Phi) is 8.89. The van der Waals surface area contributed by atoms with E-state index in [0.717, 1.165) is 34.6 Å². The van der Waals surface area contributed by atoms with E-state index in [1.807, 2.05) is 6.07 Å². The molecule has 0 unspecified atom stereocenters. The molecule has 8 nitrogen and oxygen atoms in total. The maximum Gasteiger partial charge on any atom is 0.416 e. The number of carbonyl (C=O) groups excluding carboxylic acids is 1. The summed E-state index contributed by atoms with van der Waals surface area (Å²) in [6.45, 7) is 9.01. The lowest BCUT2D eigenvalue weighted by Crippen LogP contribution is -2.44. The average molecular weight is 547 g/mol. The van der Waals surface area contributed by atoms with E-state index >= 15 is 0 Å². The third kappa shape index (κ3) is 7.62. The molecule has 0 radical (unpaired) electrons. The predicted molar refractivity (Wildman–Crippen MR) is 144 cm³/mol. The van der Waals surface area contributed by atoms with Crippen LogP contribution in [0.15, 0.2) is 54.0 Å². The van der Waals surface area contributed by atoms with E-state index in [4.69, 9.17) is 16.2 Å². The Labute approximate surface area is 222 Å². The molecule has 3 aromatic rings.